The minimum absolute atomic E-state index is 0.228. The molecule has 1 saturated heterocycles. The van der Waals surface area contributed by atoms with E-state index in [2.05, 4.69) is 33.6 Å². The van der Waals surface area contributed by atoms with E-state index in [9.17, 15) is 0 Å². The third kappa shape index (κ3) is 4.88. The van der Waals surface area contributed by atoms with Gasteiger partial charge in [-0.3, -0.25) is 9.58 Å². The standard InChI is InChI=1S/C19H30N6O/c1-3-20-19(21-14-16-9-10-23-24(16)2)22-15-17(18-8-7-13-26-18)25-11-5-4-6-12-25/h7-10,13,17H,3-6,11-12,14-15H2,1-2H3,(H2,20,21,22). The molecule has 0 aliphatic carbocycles. The van der Waals surface area contributed by atoms with Gasteiger partial charge in [0.2, 0.25) is 0 Å². The van der Waals surface area contributed by atoms with Crippen LogP contribution in [-0.2, 0) is 13.6 Å². The van der Waals surface area contributed by atoms with Gasteiger partial charge in [0.1, 0.15) is 5.76 Å². The van der Waals surface area contributed by atoms with E-state index in [0.717, 1.165) is 43.6 Å². The number of aryl methyl sites for hydroxylation is 1. The summed E-state index contributed by atoms with van der Waals surface area (Å²) in [4.78, 5) is 7.21. The maximum absolute atomic E-state index is 5.72. The molecule has 142 valence electrons. The van der Waals surface area contributed by atoms with Gasteiger partial charge in [-0.25, -0.2) is 4.99 Å². The van der Waals surface area contributed by atoms with Crippen molar-refractivity contribution in [2.75, 3.05) is 26.2 Å². The molecule has 7 heteroatoms. The van der Waals surface area contributed by atoms with Gasteiger partial charge in [0.15, 0.2) is 5.96 Å². The second-order valence-corrected chi connectivity index (χ2v) is 6.65. The van der Waals surface area contributed by atoms with Gasteiger partial charge < -0.3 is 15.1 Å². The summed E-state index contributed by atoms with van der Waals surface area (Å²) in [5.74, 6) is 1.84. The minimum atomic E-state index is 0.228. The van der Waals surface area contributed by atoms with Gasteiger partial charge in [0, 0.05) is 26.3 Å². The summed E-state index contributed by atoms with van der Waals surface area (Å²) in [6.07, 6.45) is 7.39. The molecule has 2 aromatic rings. The van der Waals surface area contributed by atoms with E-state index in [-0.39, 0.29) is 6.04 Å². The van der Waals surface area contributed by atoms with Crippen molar-refractivity contribution in [2.24, 2.45) is 12.0 Å². The second kappa shape index (κ2) is 9.43. The van der Waals surface area contributed by atoms with Crippen molar-refractivity contribution in [3.05, 3.63) is 42.1 Å². The highest BCUT2D eigenvalue weighted by Crippen LogP contribution is 2.24. The van der Waals surface area contributed by atoms with Crippen LogP contribution in [0.25, 0.3) is 0 Å². The van der Waals surface area contributed by atoms with Crippen LogP contribution in [0.4, 0.5) is 0 Å². The fraction of sp³-hybridized carbons (Fsp3) is 0.579. The Morgan fingerprint density at radius 2 is 2.12 bits per heavy atom. The first-order valence-corrected chi connectivity index (χ1v) is 9.54. The third-order valence-corrected chi connectivity index (χ3v) is 4.83. The highest BCUT2D eigenvalue weighted by atomic mass is 16.3. The average Bonchev–Trinajstić information content (AvgIpc) is 3.33. The maximum atomic E-state index is 5.72. The Labute approximate surface area is 155 Å². The second-order valence-electron chi connectivity index (χ2n) is 6.65. The molecule has 0 aromatic carbocycles. The van der Waals surface area contributed by atoms with Crippen molar-refractivity contribution in [3.8, 4) is 0 Å². The van der Waals surface area contributed by atoms with Crippen molar-refractivity contribution in [2.45, 2.75) is 38.8 Å². The molecule has 26 heavy (non-hydrogen) atoms. The lowest BCUT2D eigenvalue weighted by atomic mass is 10.1. The van der Waals surface area contributed by atoms with Crippen molar-refractivity contribution in [1.29, 1.82) is 0 Å². The van der Waals surface area contributed by atoms with Crippen LogP contribution < -0.4 is 10.6 Å². The maximum Gasteiger partial charge on any atom is 0.191 e. The largest absolute Gasteiger partial charge is 0.468 e. The van der Waals surface area contributed by atoms with Crippen LogP contribution in [0, 0.1) is 0 Å². The molecule has 0 saturated carbocycles. The number of nitrogens with zero attached hydrogens (tertiary/aromatic N) is 4. The Balaban J connectivity index is 1.65. The van der Waals surface area contributed by atoms with E-state index in [0.29, 0.717) is 6.54 Å². The van der Waals surface area contributed by atoms with Crippen molar-refractivity contribution >= 4 is 5.96 Å². The molecular formula is C19H30N6O. The van der Waals surface area contributed by atoms with E-state index >= 15 is 0 Å². The van der Waals surface area contributed by atoms with Crippen LogP contribution in [-0.4, -0.2) is 46.8 Å². The number of rotatable bonds is 7. The number of aromatic nitrogens is 2. The predicted molar refractivity (Wildman–Crippen MR) is 103 cm³/mol. The van der Waals surface area contributed by atoms with Gasteiger partial charge in [-0.2, -0.15) is 5.10 Å². The number of aliphatic imine (C=N–C) groups is 1. The van der Waals surface area contributed by atoms with Gasteiger partial charge in [0.05, 0.1) is 24.5 Å². The lowest BCUT2D eigenvalue weighted by Crippen LogP contribution is -2.44. The van der Waals surface area contributed by atoms with Crippen LogP contribution in [0.2, 0.25) is 0 Å². The Kier molecular flexibility index (Phi) is 6.71. The molecular weight excluding hydrogens is 328 g/mol. The van der Waals surface area contributed by atoms with Crippen molar-refractivity contribution < 1.29 is 4.42 Å². The van der Waals surface area contributed by atoms with Gasteiger partial charge >= 0.3 is 0 Å². The highest BCUT2D eigenvalue weighted by Gasteiger charge is 2.24. The number of hydrogen-bond donors (Lipinski definition) is 2. The zero-order chi connectivity index (χ0) is 18.2. The normalized spacial score (nSPS) is 17.2. The number of piperidine rings is 1. The summed E-state index contributed by atoms with van der Waals surface area (Å²) < 4.78 is 7.58. The van der Waals surface area contributed by atoms with E-state index in [1.54, 1.807) is 12.5 Å². The van der Waals surface area contributed by atoms with Gasteiger partial charge in [-0.15, -0.1) is 0 Å². The van der Waals surface area contributed by atoms with E-state index in [1.807, 2.05) is 23.9 Å². The lowest BCUT2D eigenvalue weighted by Gasteiger charge is -2.33. The van der Waals surface area contributed by atoms with Gasteiger partial charge in [-0.05, 0) is 51.1 Å². The molecule has 3 heterocycles. The molecule has 1 aliphatic heterocycles. The lowest BCUT2D eigenvalue weighted by molar-refractivity contribution is 0.146. The smallest absolute Gasteiger partial charge is 0.191 e. The predicted octanol–water partition coefficient (Wildman–Crippen LogP) is 2.30. The molecule has 0 bridgehead atoms. The third-order valence-electron chi connectivity index (χ3n) is 4.83. The fourth-order valence-electron chi connectivity index (χ4n) is 3.37. The average molecular weight is 358 g/mol. The zero-order valence-corrected chi connectivity index (χ0v) is 15.8. The first-order valence-electron chi connectivity index (χ1n) is 9.54. The van der Waals surface area contributed by atoms with E-state index in [4.69, 9.17) is 9.41 Å². The molecule has 1 atom stereocenters. The van der Waals surface area contributed by atoms with Gasteiger partial charge in [-0.1, -0.05) is 6.42 Å². The SMILES string of the molecule is CCNC(=NCc1ccnn1C)NCC(c1ccco1)N1CCCCC1. The van der Waals surface area contributed by atoms with Crippen molar-refractivity contribution in [3.63, 3.8) is 0 Å². The Morgan fingerprint density at radius 1 is 1.27 bits per heavy atom. The van der Waals surface area contributed by atoms with E-state index in [1.165, 1.54) is 19.3 Å². The molecule has 7 nitrogen and oxygen atoms in total. The molecule has 1 fully saturated rings. The molecule has 1 aliphatic rings. The molecule has 3 rings (SSSR count). The highest BCUT2D eigenvalue weighted by molar-refractivity contribution is 5.79. The number of nitrogens with one attached hydrogen (secondary N) is 2. The van der Waals surface area contributed by atoms with Crippen LogP contribution in [0.3, 0.4) is 0 Å². The summed E-state index contributed by atoms with van der Waals surface area (Å²) in [7, 11) is 1.94. The number of guanidine groups is 1. The number of likely N-dealkylation sites (tertiary alicyclic amines) is 1. The first kappa shape index (κ1) is 18.5. The first-order chi connectivity index (χ1) is 12.8. The molecule has 2 N–H and O–H groups in total. The fourth-order valence-corrected chi connectivity index (χ4v) is 3.37. The summed E-state index contributed by atoms with van der Waals surface area (Å²) in [6.45, 7) is 6.51. The van der Waals surface area contributed by atoms with Gasteiger partial charge in [0.25, 0.3) is 0 Å². The monoisotopic (exact) mass is 358 g/mol. The Hall–Kier alpha value is -2.28. The molecule has 1 unspecified atom stereocenters. The molecule has 0 amide bonds. The molecule has 0 spiro atoms. The van der Waals surface area contributed by atoms with E-state index < -0.39 is 0 Å². The van der Waals surface area contributed by atoms with Crippen LogP contribution in [0.1, 0.15) is 43.7 Å². The van der Waals surface area contributed by atoms with Crippen LogP contribution in [0.15, 0.2) is 40.1 Å². The summed E-state index contributed by atoms with van der Waals surface area (Å²) in [5, 5.41) is 11.0. The summed E-state index contributed by atoms with van der Waals surface area (Å²) in [5.41, 5.74) is 1.08. The topological polar surface area (TPSA) is 70.6 Å². The molecule has 0 radical (unpaired) electrons. The summed E-state index contributed by atoms with van der Waals surface area (Å²) in [6, 6.07) is 6.26. The van der Waals surface area contributed by atoms with Crippen LogP contribution >= 0.6 is 0 Å². The quantitative estimate of drug-likeness (QED) is 0.587. The van der Waals surface area contributed by atoms with Crippen LogP contribution in [0.5, 0.6) is 0 Å². The Bertz CT molecular complexity index is 672. The zero-order valence-electron chi connectivity index (χ0n) is 15.8. The summed E-state index contributed by atoms with van der Waals surface area (Å²) >= 11 is 0. The molecule has 2 aromatic heterocycles. The minimum Gasteiger partial charge on any atom is -0.468 e. The van der Waals surface area contributed by atoms with Crippen molar-refractivity contribution in [1.82, 2.24) is 25.3 Å². The number of hydrogen-bond acceptors (Lipinski definition) is 4. The number of furan rings is 1. The Morgan fingerprint density at radius 3 is 2.77 bits per heavy atom.